The lowest BCUT2D eigenvalue weighted by atomic mass is 10.1. The molecule has 0 spiro atoms. The Morgan fingerprint density at radius 3 is 2.38 bits per heavy atom. The molecule has 11 nitrogen and oxygen atoms in total. The fourth-order valence-electron chi connectivity index (χ4n) is 3.67. The lowest BCUT2D eigenvalue weighted by Crippen LogP contribution is -2.31. The van der Waals surface area contributed by atoms with Gasteiger partial charge in [-0.25, -0.2) is 13.1 Å². The lowest BCUT2D eigenvalue weighted by Gasteiger charge is -2.23. The van der Waals surface area contributed by atoms with Crippen molar-refractivity contribution in [1.29, 1.82) is 0 Å². The Kier molecular flexibility index (Phi) is 7.04. The Balaban J connectivity index is 2.16. The zero-order valence-electron chi connectivity index (χ0n) is 20.3. The smallest absolute Gasteiger partial charge is 0.272 e. The van der Waals surface area contributed by atoms with Crippen molar-refractivity contribution in [3.63, 3.8) is 0 Å². The van der Waals surface area contributed by atoms with Crippen molar-refractivity contribution in [3.8, 4) is 11.6 Å². The predicted molar refractivity (Wildman–Crippen MR) is 126 cm³/mol. The molecular formula is C22H31N5O6S. The molecule has 2 aromatic rings. The van der Waals surface area contributed by atoms with Gasteiger partial charge in [0.05, 0.1) is 10.5 Å². The highest BCUT2D eigenvalue weighted by atomic mass is 32.2. The van der Waals surface area contributed by atoms with Gasteiger partial charge in [0.2, 0.25) is 15.9 Å². The van der Waals surface area contributed by atoms with E-state index < -0.39 is 20.5 Å². The maximum Gasteiger partial charge on any atom is 0.272 e. The number of hydrogen-bond acceptors (Lipinski definition) is 7. The number of carbonyl (C=O) groups excluding carboxylic acids is 1. The van der Waals surface area contributed by atoms with Gasteiger partial charge in [0.1, 0.15) is 10.6 Å². The van der Waals surface area contributed by atoms with Crippen molar-refractivity contribution in [1.82, 2.24) is 19.4 Å². The highest BCUT2D eigenvalue weighted by Gasteiger charge is 2.34. The minimum absolute atomic E-state index is 0.0678. The summed E-state index contributed by atoms with van der Waals surface area (Å²) in [4.78, 5) is 23.2. The fourth-order valence-corrected chi connectivity index (χ4v) is 5.32. The van der Waals surface area contributed by atoms with Crippen LogP contribution in [-0.2, 0) is 15.6 Å². The standard InChI is InChI=1S/C22H31N5O6S/c1-14(2)23-20(28)19-15(3)21(26(24-19)22(4,5)6)33-17-10-9-16(27(29)30)13-18(17)34(31,32)25-11-7-8-12-25/h9-10,13-14H,7-8,11-12H2,1-6H3,(H,23,28). The van der Waals surface area contributed by atoms with Crippen LogP contribution in [0.3, 0.4) is 0 Å². The maximum absolute atomic E-state index is 13.4. The van der Waals surface area contributed by atoms with Gasteiger partial charge in [0.25, 0.3) is 11.6 Å². The average molecular weight is 494 g/mol. The SMILES string of the molecule is Cc1c(C(=O)NC(C)C)nn(C(C)(C)C)c1Oc1ccc([N+](=O)[O-])cc1S(=O)(=O)N1CCCC1. The molecule has 1 aliphatic rings. The molecule has 1 N–H and O–H groups in total. The Bertz CT molecular complexity index is 1210. The Morgan fingerprint density at radius 1 is 1.24 bits per heavy atom. The normalized spacial score (nSPS) is 15.0. The molecular weight excluding hydrogens is 462 g/mol. The van der Waals surface area contributed by atoms with Gasteiger partial charge in [0, 0.05) is 36.8 Å². The Hall–Kier alpha value is -2.99. The Labute approximate surface area is 199 Å². The summed E-state index contributed by atoms with van der Waals surface area (Å²) in [7, 11) is -4.04. The molecule has 0 atom stereocenters. The number of sulfonamides is 1. The molecule has 1 aromatic heterocycles. The van der Waals surface area contributed by atoms with E-state index in [1.165, 1.54) is 21.1 Å². The fraction of sp³-hybridized carbons (Fsp3) is 0.545. The minimum atomic E-state index is -4.04. The lowest BCUT2D eigenvalue weighted by molar-refractivity contribution is -0.385. The topological polar surface area (TPSA) is 137 Å². The van der Waals surface area contributed by atoms with Gasteiger partial charge in [-0.2, -0.15) is 9.40 Å². The molecule has 0 saturated carbocycles. The summed E-state index contributed by atoms with van der Waals surface area (Å²) in [5.74, 6) is -0.260. The predicted octanol–water partition coefficient (Wildman–Crippen LogP) is 3.57. The van der Waals surface area contributed by atoms with Crippen LogP contribution >= 0.6 is 0 Å². The van der Waals surface area contributed by atoms with Gasteiger partial charge in [0.15, 0.2) is 5.69 Å². The number of aromatic nitrogens is 2. The molecule has 1 aliphatic heterocycles. The van der Waals surface area contributed by atoms with Gasteiger partial charge >= 0.3 is 0 Å². The summed E-state index contributed by atoms with van der Waals surface area (Å²) in [6, 6.07) is 3.37. The van der Waals surface area contributed by atoms with E-state index in [4.69, 9.17) is 4.74 Å². The highest BCUT2D eigenvalue weighted by molar-refractivity contribution is 7.89. The number of ether oxygens (including phenoxy) is 1. The van der Waals surface area contributed by atoms with Crippen LogP contribution < -0.4 is 10.1 Å². The van der Waals surface area contributed by atoms with Gasteiger partial charge in [-0.1, -0.05) is 0 Å². The molecule has 1 fully saturated rings. The van der Waals surface area contributed by atoms with Crippen molar-refractivity contribution < 1.29 is 22.9 Å². The number of amides is 1. The van der Waals surface area contributed by atoms with Crippen molar-refractivity contribution in [2.75, 3.05) is 13.1 Å². The number of nitrogens with zero attached hydrogens (tertiary/aromatic N) is 4. The van der Waals surface area contributed by atoms with Crippen molar-refractivity contribution in [2.24, 2.45) is 0 Å². The number of carbonyl (C=O) groups is 1. The molecule has 12 heteroatoms. The quantitative estimate of drug-likeness (QED) is 0.460. The first kappa shape index (κ1) is 25.6. The van der Waals surface area contributed by atoms with E-state index in [2.05, 4.69) is 10.4 Å². The third kappa shape index (κ3) is 5.07. The zero-order chi connectivity index (χ0) is 25.4. The third-order valence-electron chi connectivity index (χ3n) is 5.37. The third-order valence-corrected chi connectivity index (χ3v) is 7.29. The second-order valence-electron chi connectivity index (χ2n) is 9.59. The molecule has 186 valence electrons. The number of rotatable bonds is 7. The molecule has 1 aromatic carbocycles. The van der Waals surface area contributed by atoms with Crippen LogP contribution in [0.25, 0.3) is 0 Å². The van der Waals surface area contributed by atoms with Crippen LogP contribution in [0, 0.1) is 17.0 Å². The van der Waals surface area contributed by atoms with Crippen LogP contribution in [0.2, 0.25) is 0 Å². The summed E-state index contributed by atoms with van der Waals surface area (Å²) in [6.07, 6.45) is 1.43. The molecule has 0 aliphatic carbocycles. The molecule has 0 unspecified atom stereocenters. The largest absolute Gasteiger partial charge is 0.438 e. The van der Waals surface area contributed by atoms with Crippen LogP contribution in [0.15, 0.2) is 23.1 Å². The molecule has 0 radical (unpaired) electrons. The average Bonchev–Trinajstić information content (AvgIpc) is 3.37. The summed E-state index contributed by atoms with van der Waals surface area (Å²) in [5.41, 5.74) is -0.380. The van der Waals surface area contributed by atoms with E-state index >= 15 is 0 Å². The van der Waals surface area contributed by atoms with Crippen molar-refractivity contribution >= 4 is 21.6 Å². The van der Waals surface area contributed by atoms with Crippen LogP contribution in [0.5, 0.6) is 11.6 Å². The van der Waals surface area contributed by atoms with E-state index in [1.54, 1.807) is 6.92 Å². The molecule has 34 heavy (non-hydrogen) atoms. The number of nitro groups is 1. The first-order chi connectivity index (χ1) is 15.7. The monoisotopic (exact) mass is 493 g/mol. The minimum Gasteiger partial charge on any atom is -0.438 e. The van der Waals surface area contributed by atoms with Crippen LogP contribution in [0.4, 0.5) is 5.69 Å². The number of benzene rings is 1. The zero-order valence-corrected chi connectivity index (χ0v) is 21.1. The summed E-state index contributed by atoms with van der Waals surface area (Å²) in [6.45, 7) is 11.6. The van der Waals surface area contributed by atoms with Crippen molar-refractivity contribution in [2.45, 2.75) is 70.9 Å². The maximum atomic E-state index is 13.4. The van der Waals surface area contributed by atoms with Crippen LogP contribution in [-0.4, -0.2) is 52.5 Å². The second kappa shape index (κ2) is 9.34. The number of non-ortho nitro benzene ring substituents is 1. The van der Waals surface area contributed by atoms with Crippen molar-refractivity contribution in [3.05, 3.63) is 39.6 Å². The number of nitro benzene ring substituents is 1. The van der Waals surface area contributed by atoms with Gasteiger partial charge in [-0.3, -0.25) is 14.9 Å². The highest BCUT2D eigenvalue weighted by Crippen LogP contribution is 2.38. The molecule has 1 amide bonds. The van der Waals surface area contributed by atoms with E-state index in [9.17, 15) is 23.3 Å². The van der Waals surface area contributed by atoms with E-state index in [0.717, 1.165) is 6.07 Å². The molecule has 1 saturated heterocycles. The second-order valence-corrected chi connectivity index (χ2v) is 11.5. The van der Waals surface area contributed by atoms with Gasteiger partial charge in [-0.05, 0) is 60.5 Å². The van der Waals surface area contributed by atoms with Crippen LogP contribution in [0.1, 0.15) is 63.5 Å². The molecule has 2 heterocycles. The van der Waals surface area contributed by atoms with Gasteiger partial charge < -0.3 is 10.1 Å². The van der Waals surface area contributed by atoms with Gasteiger partial charge in [-0.15, -0.1) is 0 Å². The summed E-state index contributed by atoms with van der Waals surface area (Å²) < 4.78 is 35.6. The summed E-state index contributed by atoms with van der Waals surface area (Å²) in [5, 5.41) is 18.6. The first-order valence-electron chi connectivity index (χ1n) is 11.1. The molecule has 0 bridgehead atoms. The van der Waals surface area contributed by atoms with E-state index in [-0.39, 0.29) is 39.9 Å². The summed E-state index contributed by atoms with van der Waals surface area (Å²) >= 11 is 0. The Morgan fingerprint density at radius 2 is 1.85 bits per heavy atom. The number of hydrogen-bond donors (Lipinski definition) is 1. The molecule has 3 rings (SSSR count). The first-order valence-corrected chi connectivity index (χ1v) is 12.5. The van der Waals surface area contributed by atoms with E-state index in [0.29, 0.717) is 31.5 Å². The van der Waals surface area contributed by atoms with E-state index in [1.807, 2.05) is 34.6 Å². The number of nitrogens with one attached hydrogen (secondary N) is 1.